The highest BCUT2D eigenvalue weighted by Gasteiger charge is 2.39. The molecule has 0 spiro atoms. The molecule has 1 aromatic heterocycles. The molecule has 2 aromatic carbocycles. The summed E-state index contributed by atoms with van der Waals surface area (Å²) < 4.78 is 16.0. The molecule has 2 aliphatic heterocycles. The molecule has 5 rings (SSSR count). The van der Waals surface area contributed by atoms with Crippen LogP contribution in [0.5, 0.6) is 0 Å². The predicted octanol–water partition coefficient (Wildman–Crippen LogP) is 2.65. The van der Waals surface area contributed by atoms with Crippen molar-refractivity contribution in [2.75, 3.05) is 0 Å². The van der Waals surface area contributed by atoms with Crippen molar-refractivity contribution < 1.29 is 18.8 Å². The highest BCUT2D eigenvalue weighted by Crippen LogP contribution is 2.32. The number of aromatic nitrogens is 2. The minimum Gasteiger partial charge on any atom is -0.333 e. The normalized spacial score (nSPS) is 18.3. The van der Waals surface area contributed by atoms with E-state index in [1.54, 1.807) is 41.9 Å². The maximum Gasteiger partial charge on any atom is 0.255 e. The number of halogens is 1. The molecule has 1 unspecified atom stereocenters. The molecule has 31 heavy (non-hydrogen) atoms. The number of imide groups is 1. The molecule has 1 fully saturated rings. The van der Waals surface area contributed by atoms with Gasteiger partial charge in [0, 0.05) is 37.3 Å². The first-order chi connectivity index (χ1) is 14.9. The Morgan fingerprint density at radius 3 is 2.68 bits per heavy atom. The van der Waals surface area contributed by atoms with Crippen molar-refractivity contribution >= 4 is 17.7 Å². The predicted molar refractivity (Wildman–Crippen MR) is 110 cm³/mol. The Labute approximate surface area is 177 Å². The molecule has 8 heteroatoms. The number of nitrogens with one attached hydrogen (secondary N) is 1. The molecular formula is C23H19FN4O3. The highest BCUT2D eigenvalue weighted by molar-refractivity contribution is 6.05. The summed E-state index contributed by atoms with van der Waals surface area (Å²) in [6.45, 7) is 0.293. The van der Waals surface area contributed by atoms with E-state index in [9.17, 15) is 18.8 Å². The van der Waals surface area contributed by atoms with Crippen LogP contribution in [-0.4, -0.2) is 38.2 Å². The number of piperidine rings is 1. The van der Waals surface area contributed by atoms with Gasteiger partial charge in [-0.2, -0.15) is 0 Å². The number of aryl methyl sites for hydroxylation is 1. The SMILES string of the molecule is Cn1cc(-c2ccc3c(c2)CN(C2CCC(=O)NC2=O)C3=O)nc1-c1ccccc1F. The Morgan fingerprint density at radius 2 is 1.90 bits per heavy atom. The lowest BCUT2D eigenvalue weighted by Crippen LogP contribution is -2.52. The second-order valence-corrected chi connectivity index (χ2v) is 7.81. The van der Waals surface area contributed by atoms with E-state index in [0.29, 0.717) is 35.6 Å². The van der Waals surface area contributed by atoms with Gasteiger partial charge in [-0.1, -0.05) is 18.2 Å². The van der Waals surface area contributed by atoms with Gasteiger partial charge in [-0.15, -0.1) is 0 Å². The summed E-state index contributed by atoms with van der Waals surface area (Å²) >= 11 is 0. The van der Waals surface area contributed by atoms with E-state index in [4.69, 9.17) is 0 Å². The van der Waals surface area contributed by atoms with Gasteiger partial charge in [0.15, 0.2) is 0 Å². The fraction of sp³-hybridized carbons (Fsp3) is 0.217. The van der Waals surface area contributed by atoms with Crippen LogP contribution < -0.4 is 5.32 Å². The van der Waals surface area contributed by atoms with Crippen molar-refractivity contribution in [2.24, 2.45) is 7.05 Å². The van der Waals surface area contributed by atoms with Crippen LogP contribution in [0.3, 0.4) is 0 Å². The maximum atomic E-state index is 14.2. The summed E-state index contributed by atoms with van der Waals surface area (Å²) in [5, 5.41) is 2.30. The monoisotopic (exact) mass is 418 g/mol. The average molecular weight is 418 g/mol. The first kappa shape index (κ1) is 19.2. The lowest BCUT2D eigenvalue weighted by molar-refractivity contribution is -0.136. The zero-order chi connectivity index (χ0) is 21.7. The van der Waals surface area contributed by atoms with Crippen LogP contribution >= 0.6 is 0 Å². The number of benzene rings is 2. The minimum atomic E-state index is -0.649. The molecule has 0 bridgehead atoms. The number of rotatable bonds is 3. The number of carbonyl (C=O) groups excluding carboxylic acids is 3. The van der Waals surface area contributed by atoms with Gasteiger partial charge in [0.1, 0.15) is 17.7 Å². The summed E-state index contributed by atoms with van der Waals surface area (Å²) in [5.74, 6) is -0.800. The molecule has 0 aliphatic carbocycles. The largest absolute Gasteiger partial charge is 0.333 e. The zero-order valence-electron chi connectivity index (χ0n) is 16.8. The number of amides is 3. The van der Waals surface area contributed by atoms with E-state index < -0.39 is 11.9 Å². The number of fused-ring (bicyclic) bond motifs is 1. The van der Waals surface area contributed by atoms with Gasteiger partial charge in [-0.05, 0) is 36.2 Å². The van der Waals surface area contributed by atoms with Gasteiger partial charge in [0.2, 0.25) is 11.8 Å². The van der Waals surface area contributed by atoms with Crippen molar-refractivity contribution in [3.05, 3.63) is 65.6 Å². The van der Waals surface area contributed by atoms with Gasteiger partial charge >= 0.3 is 0 Å². The highest BCUT2D eigenvalue weighted by atomic mass is 19.1. The third-order valence-electron chi connectivity index (χ3n) is 5.81. The van der Waals surface area contributed by atoms with Crippen LogP contribution in [0.25, 0.3) is 22.6 Å². The molecule has 2 aliphatic rings. The summed E-state index contributed by atoms with van der Waals surface area (Å²) in [4.78, 5) is 42.6. The Balaban J connectivity index is 1.45. The van der Waals surface area contributed by atoms with Crippen LogP contribution in [0.2, 0.25) is 0 Å². The third-order valence-corrected chi connectivity index (χ3v) is 5.81. The molecule has 3 aromatic rings. The van der Waals surface area contributed by atoms with Gasteiger partial charge in [-0.3, -0.25) is 19.7 Å². The van der Waals surface area contributed by atoms with Crippen LogP contribution in [0, 0.1) is 5.82 Å². The Bertz CT molecular complexity index is 1250. The summed E-state index contributed by atoms with van der Waals surface area (Å²) in [7, 11) is 1.81. The molecule has 3 heterocycles. The van der Waals surface area contributed by atoms with Gasteiger partial charge in [0.25, 0.3) is 5.91 Å². The number of nitrogens with zero attached hydrogens (tertiary/aromatic N) is 3. The molecular weight excluding hydrogens is 399 g/mol. The van der Waals surface area contributed by atoms with E-state index >= 15 is 0 Å². The Morgan fingerprint density at radius 1 is 1.10 bits per heavy atom. The van der Waals surface area contributed by atoms with E-state index in [2.05, 4.69) is 10.3 Å². The van der Waals surface area contributed by atoms with Crippen LogP contribution in [0.15, 0.2) is 48.7 Å². The third kappa shape index (κ3) is 3.20. The van der Waals surface area contributed by atoms with Crippen molar-refractivity contribution in [3.63, 3.8) is 0 Å². The summed E-state index contributed by atoms with van der Waals surface area (Å²) in [6, 6.07) is 11.2. The quantitative estimate of drug-likeness (QED) is 0.663. The van der Waals surface area contributed by atoms with Crippen molar-refractivity contribution in [3.8, 4) is 22.6 Å². The molecule has 156 valence electrons. The molecule has 0 radical (unpaired) electrons. The van der Waals surface area contributed by atoms with Crippen molar-refractivity contribution in [2.45, 2.75) is 25.4 Å². The number of carbonyl (C=O) groups is 3. The van der Waals surface area contributed by atoms with E-state index in [1.807, 2.05) is 12.3 Å². The fourth-order valence-corrected chi connectivity index (χ4v) is 4.23. The van der Waals surface area contributed by atoms with Gasteiger partial charge in [0.05, 0.1) is 11.3 Å². The number of hydrogen-bond acceptors (Lipinski definition) is 4. The van der Waals surface area contributed by atoms with Gasteiger partial charge in [-0.25, -0.2) is 9.37 Å². The van der Waals surface area contributed by atoms with Crippen LogP contribution in [0.4, 0.5) is 4.39 Å². The molecule has 0 saturated carbocycles. The topological polar surface area (TPSA) is 84.3 Å². The smallest absolute Gasteiger partial charge is 0.255 e. The molecule has 1 N–H and O–H groups in total. The van der Waals surface area contributed by atoms with Gasteiger partial charge < -0.3 is 9.47 Å². The zero-order valence-corrected chi connectivity index (χ0v) is 16.8. The van der Waals surface area contributed by atoms with E-state index in [0.717, 1.165) is 11.1 Å². The van der Waals surface area contributed by atoms with Crippen LogP contribution in [-0.2, 0) is 23.2 Å². The van der Waals surface area contributed by atoms with Crippen LogP contribution in [0.1, 0.15) is 28.8 Å². The molecule has 3 amide bonds. The molecule has 1 atom stereocenters. The fourth-order valence-electron chi connectivity index (χ4n) is 4.23. The molecule has 7 nitrogen and oxygen atoms in total. The second kappa shape index (κ2) is 7.16. The van der Waals surface area contributed by atoms with E-state index in [1.165, 1.54) is 11.0 Å². The standard InChI is InChI=1S/C23H19FN4O3/c1-27-12-18(25-21(27)16-4-2-3-5-17(16)24)13-6-7-15-14(10-13)11-28(23(15)31)19-8-9-20(29)26-22(19)30/h2-7,10,12,19H,8-9,11H2,1H3,(H,26,29,30). The Hall–Kier alpha value is -3.81. The lowest BCUT2D eigenvalue weighted by atomic mass is 10.0. The first-order valence-corrected chi connectivity index (χ1v) is 9.98. The second-order valence-electron chi connectivity index (χ2n) is 7.81. The lowest BCUT2D eigenvalue weighted by Gasteiger charge is -2.29. The average Bonchev–Trinajstić information content (AvgIpc) is 3.28. The maximum absolute atomic E-state index is 14.2. The summed E-state index contributed by atoms with van der Waals surface area (Å²) in [5.41, 5.74) is 3.21. The first-order valence-electron chi connectivity index (χ1n) is 9.98. The molecule has 1 saturated heterocycles. The Kier molecular flexibility index (Phi) is 4.43. The summed E-state index contributed by atoms with van der Waals surface area (Å²) in [6.07, 6.45) is 2.36. The van der Waals surface area contributed by atoms with Crippen molar-refractivity contribution in [1.29, 1.82) is 0 Å². The van der Waals surface area contributed by atoms with Crippen molar-refractivity contribution in [1.82, 2.24) is 19.8 Å². The van der Waals surface area contributed by atoms with E-state index in [-0.39, 0.29) is 24.1 Å². The number of hydrogen-bond donors (Lipinski definition) is 1. The minimum absolute atomic E-state index is 0.217. The number of imidazole rings is 1.